The summed E-state index contributed by atoms with van der Waals surface area (Å²) in [6.45, 7) is 6.10. The van der Waals surface area contributed by atoms with E-state index < -0.39 is 0 Å². The number of hydrogen-bond donors (Lipinski definition) is 1. The van der Waals surface area contributed by atoms with Crippen LogP contribution in [0.3, 0.4) is 0 Å². The highest BCUT2D eigenvalue weighted by atomic mass is 35.5. The molecule has 0 radical (unpaired) electrons. The SMILES string of the molecule is CCCn1cc(Cl)c(C(=O)N2CCOCC2c2ncc(C)[nH]2)n1. The van der Waals surface area contributed by atoms with E-state index in [0.717, 1.165) is 24.5 Å². The fraction of sp³-hybridized carbons (Fsp3) is 0.533. The molecule has 0 bridgehead atoms. The van der Waals surface area contributed by atoms with Crippen LogP contribution in [0.5, 0.6) is 0 Å². The van der Waals surface area contributed by atoms with Crippen molar-refractivity contribution in [3.05, 3.63) is 34.6 Å². The Hall–Kier alpha value is -1.86. The second-order valence-corrected chi connectivity index (χ2v) is 6.04. The van der Waals surface area contributed by atoms with E-state index in [4.69, 9.17) is 16.3 Å². The summed E-state index contributed by atoms with van der Waals surface area (Å²) in [7, 11) is 0. The summed E-state index contributed by atoms with van der Waals surface area (Å²) in [5.74, 6) is 0.534. The molecule has 1 fully saturated rings. The van der Waals surface area contributed by atoms with Crippen LogP contribution in [0.25, 0.3) is 0 Å². The molecule has 23 heavy (non-hydrogen) atoms. The Morgan fingerprint density at radius 2 is 2.39 bits per heavy atom. The van der Waals surface area contributed by atoms with E-state index in [9.17, 15) is 4.79 Å². The molecule has 1 unspecified atom stereocenters. The van der Waals surface area contributed by atoms with Crippen LogP contribution in [0.2, 0.25) is 5.02 Å². The number of nitrogens with zero attached hydrogens (tertiary/aromatic N) is 4. The van der Waals surface area contributed by atoms with Gasteiger partial charge in [0, 0.05) is 31.2 Å². The third-order valence-corrected chi connectivity index (χ3v) is 4.08. The van der Waals surface area contributed by atoms with Gasteiger partial charge >= 0.3 is 0 Å². The smallest absolute Gasteiger partial charge is 0.276 e. The van der Waals surface area contributed by atoms with Crippen LogP contribution in [0.4, 0.5) is 0 Å². The van der Waals surface area contributed by atoms with E-state index >= 15 is 0 Å². The first-order valence-corrected chi connectivity index (χ1v) is 8.11. The Labute approximate surface area is 139 Å². The van der Waals surface area contributed by atoms with Crippen molar-refractivity contribution >= 4 is 17.5 Å². The van der Waals surface area contributed by atoms with E-state index in [1.54, 1.807) is 22.0 Å². The summed E-state index contributed by atoms with van der Waals surface area (Å²) in [6, 6.07) is -0.252. The second-order valence-electron chi connectivity index (χ2n) is 5.63. The van der Waals surface area contributed by atoms with E-state index in [0.29, 0.717) is 24.8 Å². The van der Waals surface area contributed by atoms with Crippen molar-refractivity contribution in [1.29, 1.82) is 0 Å². The summed E-state index contributed by atoms with van der Waals surface area (Å²) in [4.78, 5) is 22.1. The minimum absolute atomic E-state index is 0.188. The molecule has 0 aliphatic carbocycles. The van der Waals surface area contributed by atoms with Gasteiger partial charge in [-0.1, -0.05) is 18.5 Å². The zero-order valence-corrected chi connectivity index (χ0v) is 14.0. The van der Waals surface area contributed by atoms with Crippen molar-refractivity contribution in [2.24, 2.45) is 0 Å². The van der Waals surface area contributed by atoms with Crippen molar-refractivity contribution in [3.8, 4) is 0 Å². The normalized spacial score (nSPS) is 18.4. The van der Waals surface area contributed by atoms with Crippen LogP contribution in [-0.2, 0) is 11.3 Å². The standard InChI is InChI=1S/C15H20ClN5O2/c1-3-4-20-8-11(16)13(19-20)15(22)21-5-6-23-9-12(21)14-17-7-10(2)18-14/h7-8,12H,3-6,9H2,1-2H3,(H,17,18). The molecule has 3 rings (SSSR count). The molecule has 3 heterocycles. The van der Waals surface area contributed by atoms with E-state index in [1.807, 2.05) is 13.8 Å². The largest absolute Gasteiger partial charge is 0.377 e. The lowest BCUT2D eigenvalue weighted by Gasteiger charge is -2.34. The van der Waals surface area contributed by atoms with Gasteiger partial charge in [0.2, 0.25) is 0 Å². The number of ether oxygens (including phenoxy) is 1. The van der Waals surface area contributed by atoms with Gasteiger partial charge in [0.25, 0.3) is 5.91 Å². The zero-order valence-electron chi connectivity index (χ0n) is 13.3. The Balaban J connectivity index is 1.86. The first kappa shape index (κ1) is 16.0. The predicted octanol–water partition coefficient (Wildman–Crippen LogP) is 2.19. The Kier molecular flexibility index (Phi) is 4.68. The predicted molar refractivity (Wildman–Crippen MR) is 85.4 cm³/mol. The molecule has 1 aliphatic heterocycles. The van der Waals surface area contributed by atoms with E-state index in [2.05, 4.69) is 15.1 Å². The Morgan fingerprint density at radius 1 is 1.57 bits per heavy atom. The van der Waals surface area contributed by atoms with E-state index in [1.165, 1.54) is 0 Å². The van der Waals surface area contributed by atoms with Crippen LogP contribution >= 0.6 is 11.6 Å². The molecule has 1 N–H and O–H groups in total. The highest BCUT2D eigenvalue weighted by Crippen LogP contribution is 2.26. The maximum atomic E-state index is 12.9. The summed E-state index contributed by atoms with van der Waals surface area (Å²) in [5.41, 5.74) is 1.23. The lowest BCUT2D eigenvalue weighted by molar-refractivity contribution is -0.00535. The van der Waals surface area contributed by atoms with Crippen molar-refractivity contribution in [1.82, 2.24) is 24.6 Å². The minimum Gasteiger partial charge on any atom is -0.377 e. The van der Waals surface area contributed by atoms with Gasteiger partial charge in [-0.15, -0.1) is 0 Å². The third-order valence-electron chi connectivity index (χ3n) is 3.80. The summed E-state index contributed by atoms with van der Waals surface area (Å²) in [6.07, 6.45) is 4.37. The lowest BCUT2D eigenvalue weighted by Crippen LogP contribution is -2.44. The molecule has 0 saturated carbocycles. The molecule has 7 nitrogen and oxygen atoms in total. The monoisotopic (exact) mass is 337 g/mol. The fourth-order valence-electron chi connectivity index (χ4n) is 2.70. The Morgan fingerprint density at radius 3 is 3.09 bits per heavy atom. The highest BCUT2D eigenvalue weighted by molar-refractivity contribution is 6.33. The minimum atomic E-state index is -0.252. The maximum Gasteiger partial charge on any atom is 0.276 e. The first-order chi connectivity index (χ1) is 11.1. The number of rotatable bonds is 4. The number of morpholine rings is 1. The molecular formula is C15H20ClN5O2. The number of hydrogen-bond acceptors (Lipinski definition) is 4. The fourth-order valence-corrected chi connectivity index (χ4v) is 2.93. The molecule has 1 saturated heterocycles. The van der Waals surface area contributed by atoms with Gasteiger partial charge in [-0.05, 0) is 13.3 Å². The Bertz CT molecular complexity index is 696. The van der Waals surface area contributed by atoms with Crippen molar-refractivity contribution in [3.63, 3.8) is 0 Å². The molecule has 2 aromatic rings. The topological polar surface area (TPSA) is 76.0 Å². The summed E-state index contributed by atoms with van der Waals surface area (Å²) >= 11 is 6.21. The summed E-state index contributed by atoms with van der Waals surface area (Å²) in [5, 5.41) is 4.71. The molecule has 1 aliphatic rings. The number of aromatic nitrogens is 4. The van der Waals surface area contributed by atoms with Crippen molar-refractivity contribution in [2.75, 3.05) is 19.8 Å². The number of amides is 1. The van der Waals surface area contributed by atoms with Gasteiger partial charge in [-0.2, -0.15) is 5.10 Å². The first-order valence-electron chi connectivity index (χ1n) is 7.73. The second kappa shape index (κ2) is 6.72. The number of H-pyrrole nitrogens is 1. The number of carbonyl (C=O) groups is 1. The highest BCUT2D eigenvalue weighted by Gasteiger charge is 2.33. The van der Waals surface area contributed by atoms with Gasteiger partial charge in [0.15, 0.2) is 5.69 Å². The molecule has 1 atom stereocenters. The van der Waals surface area contributed by atoms with Crippen LogP contribution in [0.1, 0.15) is 41.4 Å². The molecule has 0 aromatic carbocycles. The summed E-state index contributed by atoms with van der Waals surface area (Å²) < 4.78 is 7.23. The molecular weight excluding hydrogens is 318 g/mol. The van der Waals surface area contributed by atoms with Crippen LogP contribution in [0, 0.1) is 6.92 Å². The van der Waals surface area contributed by atoms with Gasteiger partial charge < -0.3 is 14.6 Å². The van der Waals surface area contributed by atoms with E-state index in [-0.39, 0.29) is 17.6 Å². The quantitative estimate of drug-likeness (QED) is 0.927. The van der Waals surface area contributed by atoms with Crippen LogP contribution in [-0.4, -0.2) is 50.3 Å². The van der Waals surface area contributed by atoms with Crippen LogP contribution in [0.15, 0.2) is 12.4 Å². The van der Waals surface area contributed by atoms with Gasteiger partial charge in [-0.3, -0.25) is 9.48 Å². The average molecular weight is 338 g/mol. The van der Waals surface area contributed by atoms with Gasteiger partial charge in [0.05, 0.1) is 18.2 Å². The van der Waals surface area contributed by atoms with Gasteiger partial charge in [0.1, 0.15) is 11.9 Å². The van der Waals surface area contributed by atoms with Crippen LogP contribution < -0.4 is 0 Å². The van der Waals surface area contributed by atoms with Gasteiger partial charge in [-0.25, -0.2) is 4.98 Å². The number of halogens is 1. The van der Waals surface area contributed by atoms with Crippen molar-refractivity contribution in [2.45, 2.75) is 32.9 Å². The third kappa shape index (κ3) is 3.25. The molecule has 2 aromatic heterocycles. The molecule has 124 valence electrons. The number of nitrogens with one attached hydrogen (secondary N) is 1. The van der Waals surface area contributed by atoms with Crippen molar-refractivity contribution < 1.29 is 9.53 Å². The molecule has 0 spiro atoms. The number of imidazole rings is 1. The zero-order chi connectivity index (χ0) is 16.4. The average Bonchev–Trinajstić information content (AvgIpc) is 3.13. The lowest BCUT2D eigenvalue weighted by atomic mass is 10.2. The number of carbonyl (C=O) groups excluding carboxylic acids is 1. The maximum absolute atomic E-state index is 12.9. The number of aromatic amines is 1. The number of aryl methyl sites for hydroxylation is 2. The molecule has 1 amide bonds. The molecule has 8 heteroatoms.